The SMILES string of the molecule is [C-]#[N+]c1cc(-c2nc(C)c(C(=O)O)[se]2)ccc1-c1ccc(C)cc1. The van der Waals surface area contributed by atoms with Gasteiger partial charge in [-0.25, -0.2) is 0 Å². The molecule has 0 unspecified atom stereocenters. The fraction of sp³-hybridized carbons (Fsp3) is 0.105. The number of benzene rings is 2. The molecule has 3 rings (SSSR count). The van der Waals surface area contributed by atoms with Crippen LogP contribution >= 0.6 is 0 Å². The molecule has 1 heterocycles. The fourth-order valence-electron chi connectivity index (χ4n) is 2.45. The van der Waals surface area contributed by atoms with E-state index in [1.165, 1.54) is 5.56 Å². The molecule has 0 saturated heterocycles. The van der Waals surface area contributed by atoms with Crippen LogP contribution in [0.2, 0.25) is 0 Å². The van der Waals surface area contributed by atoms with Gasteiger partial charge in [-0.15, -0.1) is 0 Å². The molecule has 0 aliphatic carbocycles. The van der Waals surface area contributed by atoms with Gasteiger partial charge in [0, 0.05) is 0 Å². The standard InChI is InChI=1S/C19H14N2O2Se/c1-11-4-6-13(7-5-11)15-9-8-14(10-16(15)20-3)18-21-12(2)17(24-18)19(22)23/h4-10H,1-2H3,(H,22,23). The van der Waals surface area contributed by atoms with Gasteiger partial charge in [0.1, 0.15) is 0 Å². The minimum atomic E-state index is -0.909. The Morgan fingerprint density at radius 2 is 1.79 bits per heavy atom. The van der Waals surface area contributed by atoms with Gasteiger partial charge in [-0.05, 0) is 0 Å². The van der Waals surface area contributed by atoms with E-state index < -0.39 is 5.97 Å². The van der Waals surface area contributed by atoms with E-state index in [0.29, 0.717) is 15.8 Å². The van der Waals surface area contributed by atoms with Crippen LogP contribution in [-0.4, -0.2) is 30.6 Å². The van der Waals surface area contributed by atoms with Gasteiger partial charge >= 0.3 is 146 Å². The second kappa shape index (κ2) is 6.45. The summed E-state index contributed by atoms with van der Waals surface area (Å²) in [5.41, 5.74) is 4.99. The van der Waals surface area contributed by atoms with Crippen molar-refractivity contribution in [2.45, 2.75) is 13.8 Å². The van der Waals surface area contributed by atoms with Gasteiger partial charge in [-0.2, -0.15) is 0 Å². The van der Waals surface area contributed by atoms with E-state index in [1.54, 1.807) is 13.0 Å². The van der Waals surface area contributed by atoms with Crippen molar-refractivity contribution in [3.05, 3.63) is 69.6 Å². The van der Waals surface area contributed by atoms with Crippen molar-refractivity contribution >= 4 is 26.2 Å². The van der Waals surface area contributed by atoms with Crippen LogP contribution in [0, 0.1) is 20.4 Å². The van der Waals surface area contributed by atoms with Gasteiger partial charge in [0.05, 0.1) is 0 Å². The third-order valence-corrected chi connectivity index (χ3v) is 6.22. The summed E-state index contributed by atoms with van der Waals surface area (Å²) in [6.45, 7) is 11.2. The molecule has 0 bridgehead atoms. The van der Waals surface area contributed by atoms with Gasteiger partial charge in [-0.3, -0.25) is 0 Å². The van der Waals surface area contributed by atoms with Crippen molar-refractivity contribution in [3.8, 4) is 21.3 Å². The van der Waals surface area contributed by atoms with Gasteiger partial charge in [-0.1, -0.05) is 0 Å². The fourth-order valence-corrected chi connectivity index (χ4v) is 4.34. The van der Waals surface area contributed by atoms with Crippen LogP contribution < -0.4 is 0 Å². The van der Waals surface area contributed by atoms with Crippen molar-refractivity contribution in [1.82, 2.24) is 4.98 Å². The van der Waals surface area contributed by atoms with Crippen LogP contribution in [0.3, 0.4) is 0 Å². The van der Waals surface area contributed by atoms with E-state index in [2.05, 4.69) is 9.83 Å². The molecule has 24 heavy (non-hydrogen) atoms. The average Bonchev–Trinajstić information content (AvgIpc) is 2.97. The molecular weight excluding hydrogens is 367 g/mol. The first kappa shape index (κ1) is 16.2. The molecule has 118 valence electrons. The molecule has 5 heteroatoms. The molecule has 0 aliphatic rings. The van der Waals surface area contributed by atoms with Crippen molar-refractivity contribution in [3.63, 3.8) is 0 Å². The molecule has 2 aromatic carbocycles. The average molecular weight is 381 g/mol. The van der Waals surface area contributed by atoms with Crippen LogP contribution in [0.25, 0.3) is 26.1 Å². The molecule has 0 radical (unpaired) electrons. The molecular formula is C19H14N2O2Se. The first-order chi connectivity index (χ1) is 11.5. The van der Waals surface area contributed by atoms with Gasteiger partial charge in [0.2, 0.25) is 0 Å². The zero-order chi connectivity index (χ0) is 17.3. The molecule has 1 aromatic heterocycles. The first-order valence-electron chi connectivity index (χ1n) is 7.29. The Kier molecular flexibility index (Phi) is 4.35. The normalized spacial score (nSPS) is 10.4. The molecule has 1 N–H and O–H groups in total. The quantitative estimate of drug-likeness (QED) is 0.543. The molecule has 0 spiro atoms. The Bertz CT molecular complexity index is 966. The Hall–Kier alpha value is -2.67. The monoisotopic (exact) mass is 382 g/mol. The number of hydrogen-bond donors (Lipinski definition) is 1. The van der Waals surface area contributed by atoms with E-state index in [4.69, 9.17) is 6.57 Å². The number of carboxylic acid groups (broad SMARTS) is 1. The Balaban J connectivity index is 2.07. The third-order valence-electron chi connectivity index (χ3n) is 3.72. The third kappa shape index (κ3) is 3.03. The van der Waals surface area contributed by atoms with Crippen molar-refractivity contribution in [1.29, 1.82) is 0 Å². The van der Waals surface area contributed by atoms with Crippen LogP contribution in [0.4, 0.5) is 5.69 Å². The molecule has 0 amide bonds. The Morgan fingerprint density at radius 1 is 1.12 bits per heavy atom. The Labute approximate surface area is 146 Å². The van der Waals surface area contributed by atoms with Crippen LogP contribution in [0.5, 0.6) is 0 Å². The van der Waals surface area contributed by atoms with Crippen molar-refractivity contribution < 1.29 is 9.90 Å². The minimum absolute atomic E-state index is 0.333. The summed E-state index contributed by atoms with van der Waals surface area (Å²) in [6, 6.07) is 13.7. The summed E-state index contributed by atoms with van der Waals surface area (Å²) in [6.07, 6.45) is 0. The Morgan fingerprint density at radius 3 is 2.38 bits per heavy atom. The first-order valence-corrected chi connectivity index (χ1v) is 9.00. The van der Waals surface area contributed by atoms with Gasteiger partial charge in [0.15, 0.2) is 0 Å². The van der Waals surface area contributed by atoms with E-state index in [1.807, 2.05) is 43.3 Å². The number of aryl methyl sites for hydroxylation is 2. The second-order valence-corrected chi connectivity index (χ2v) is 7.54. The summed E-state index contributed by atoms with van der Waals surface area (Å²) in [5.74, 6) is -0.909. The summed E-state index contributed by atoms with van der Waals surface area (Å²) >= 11 is -0.333. The molecule has 0 saturated carbocycles. The van der Waals surface area contributed by atoms with Crippen molar-refractivity contribution in [2.24, 2.45) is 0 Å². The summed E-state index contributed by atoms with van der Waals surface area (Å²) in [4.78, 5) is 19.3. The summed E-state index contributed by atoms with van der Waals surface area (Å²) in [5, 5.41) is 9.20. The van der Waals surface area contributed by atoms with Crippen molar-refractivity contribution in [2.75, 3.05) is 0 Å². The topological polar surface area (TPSA) is 54.5 Å². The van der Waals surface area contributed by atoms with Crippen LogP contribution in [0.1, 0.15) is 20.5 Å². The van der Waals surface area contributed by atoms with E-state index in [9.17, 15) is 9.90 Å². The number of carboxylic acids is 1. The molecule has 3 aromatic rings. The number of rotatable bonds is 3. The zero-order valence-corrected chi connectivity index (χ0v) is 14.9. The number of aromatic nitrogens is 1. The van der Waals surface area contributed by atoms with E-state index in [-0.39, 0.29) is 14.5 Å². The van der Waals surface area contributed by atoms with E-state index in [0.717, 1.165) is 21.3 Å². The van der Waals surface area contributed by atoms with E-state index >= 15 is 0 Å². The van der Waals surface area contributed by atoms with Crippen LogP contribution in [-0.2, 0) is 0 Å². The second-order valence-electron chi connectivity index (χ2n) is 5.45. The van der Waals surface area contributed by atoms with Gasteiger partial charge in [0.25, 0.3) is 0 Å². The predicted octanol–water partition coefficient (Wildman–Crippen LogP) is 4.34. The molecule has 4 nitrogen and oxygen atoms in total. The maximum absolute atomic E-state index is 11.2. The summed E-state index contributed by atoms with van der Waals surface area (Å²) < 4.78 is 1.14. The van der Waals surface area contributed by atoms with Gasteiger partial charge < -0.3 is 0 Å². The molecule has 0 fully saturated rings. The predicted molar refractivity (Wildman–Crippen MR) is 94.7 cm³/mol. The molecule has 0 atom stereocenters. The number of hydrogen-bond acceptors (Lipinski definition) is 2. The maximum atomic E-state index is 11.2. The number of carbonyl (C=O) groups is 1. The number of aromatic carboxylic acids is 1. The molecule has 0 aliphatic heterocycles. The number of nitrogens with zero attached hydrogens (tertiary/aromatic N) is 2. The summed E-state index contributed by atoms with van der Waals surface area (Å²) in [7, 11) is 0. The zero-order valence-electron chi connectivity index (χ0n) is 13.2. The van der Waals surface area contributed by atoms with Crippen LogP contribution in [0.15, 0.2) is 42.5 Å².